The smallest absolute Gasteiger partial charge is 0.194 e. The summed E-state index contributed by atoms with van der Waals surface area (Å²) in [6.07, 6.45) is 25.7. The molecule has 16 heteroatoms. The van der Waals surface area contributed by atoms with Gasteiger partial charge < -0.3 is 0 Å². The summed E-state index contributed by atoms with van der Waals surface area (Å²) in [5.74, 6) is -4.93. The highest BCUT2D eigenvalue weighted by atomic mass is 32.2. The van der Waals surface area contributed by atoms with E-state index in [1.165, 1.54) is 83.5 Å². The first-order valence-corrected chi connectivity index (χ1v) is 43.4. The number of aryl methyl sites for hydroxylation is 4. The van der Waals surface area contributed by atoms with Crippen LogP contribution in [0, 0.1) is 68.6 Å². The Hall–Kier alpha value is -9.20. The summed E-state index contributed by atoms with van der Waals surface area (Å²) in [5, 5.41) is 41.8. The Morgan fingerprint density at radius 1 is 0.345 bits per heavy atom. The molecule has 554 valence electrons. The maximum absolute atomic E-state index is 15.3. The zero-order valence-electron chi connectivity index (χ0n) is 62.1. The van der Waals surface area contributed by atoms with Crippen molar-refractivity contribution in [3.05, 3.63) is 287 Å². The molecule has 0 spiro atoms. The zero-order valence-corrected chi connectivity index (χ0v) is 67.0. The van der Waals surface area contributed by atoms with Gasteiger partial charge in [-0.3, -0.25) is 9.59 Å². The highest BCUT2D eigenvalue weighted by molar-refractivity contribution is 8.22. The summed E-state index contributed by atoms with van der Waals surface area (Å²) < 4.78 is 62.9. The second-order valence-electron chi connectivity index (χ2n) is 28.3. The number of fused-ring (bicyclic) bond motifs is 8. The van der Waals surface area contributed by atoms with Gasteiger partial charge in [0.25, 0.3) is 0 Å². The van der Waals surface area contributed by atoms with Crippen molar-refractivity contribution in [2.75, 3.05) is 0 Å². The van der Waals surface area contributed by atoms with Gasteiger partial charge in [0.1, 0.15) is 35.4 Å². The van der Waals surface area contributed by atoms with E-state index in [2.05, 4.69) is 137 Å². The van der Waals surface area contributed by atoms with Crippen molar-refractivity contribution in [1.82, 2.24) is 0 Å². The number of nitrogens with zero attached hydrogens (tertiary/aromatic N) is 4. The van der Waals surface area contributed by atoms with E-state index >= 15 is 17.6 Å². The second-order valence-corrected chi connectivity index (χ2v) is 35.2. The van der Waals surface area contributed by atoms with Crippen molar-refractivity contribution >= 4 is 116 Å². The van der Waals surface area contributed by atoms with Gasteiger partial charge in [-0.25, -0.2) is 17.6 Å². The molecular weight excluding hydrogens is 1490 g/mol. The molecule has 0 bridgehead atoms. The largest absolute Gasteiger partial charge is 0.289 e. The molecule has 110 heavy (non-hydrogen) atoms. The van der Waals surface area contributed by atoms with E-state index in [4.69, 9.17) is 0 Å². The molecule has 0 fully saturated rings. The van der Waals surface area contributed by atoms with Crippen LogP contribution in [-0.2, 0) is 37.2 Å². The third-order valence-corrected chi connectivity index (χ3v) is 27.8. The Kier molecular flexibility index (Phi) is 26.4. The minimum absolute atomic E-state index is 0.0258. The Bertz CT molecular complexity index is 5060. The molecule has 0 atom stereocenters. The first-order chi connectivity index (χ1) is 53.6. The number of nitriles is 4. The van der Waals surface area contributed by atoms with Crippen LogP contribution in [0.5, 0.6) is 0 Å². The van der Waals surface area contributed by atoms with Crippen molar-refractivity contribution in [3.63, 3.8) is 0 Å². The molecule has 0 N–H and O–H groups in total. The first kappa shape index (κ1) is 78.9. The summed E-state index contributed by atoms with van der Waals surface area (Å²) in [6.45, 7) is 8.88. The predicted octanol–water partition coefficient (Wildman–Crippen LogP) is 27.9. The van der Waals surface area contributed by atoms with Crippen molar-refractivity contribution in [1.29, 1.82) is 21.0 Å². The number of unbranched alkanes of at least 4 members (excludes halogenated alkanes) is 12. The summed E-state index contributed by atoms with van der Waals surface area (Å²) in [7, 11) is 0. The molecule has 7 aromatic carbocycles. The molecule has 6 nitrogen and oxygen atoms in total. The third kappa shape index (κ3) is 17.4. The van der Waals surface area contributed by atoms with Crippen molar-refractivity contribution in [2.24, 2.45) is 0 Å². The maximum atomic E-state index is 15.3. The minimum Gasteiger partial charge on any atom is -0.289 e. The summed E-state index contributed by atoms with van der Waals surface area (Å²) in [4.78, 5) is 34.5. The van der Waals surface area contributed by atoms with Gasteiger partial charge in [0, 0.05) is 108 Å². The van der Waals surface area contributed by atoms with Crippen LogP contribution >= 0.6 is 69.7 Å². The fourth-order valence-electron chi connectivity index (χ4n) is 14.8. The fraction of sp³-hybridized carbons (Fsp3) is 0.277. The molecule has 0 aliphatic heterocycles. The molecule has 0 unspecified atom stereocenters. The zero-order chi connectivity index (χ0) is 77.0. The van der Waals surface area contributed by atoms with Gasteiger partial charge in [-0.1, -0.05) is 201 Å². The van der Waals surface area contributed by atoms with Crippen molar-refractivity contribution in [2.45, 2.75) is 177 Å². The van der Waals surface area contributed by atoms with Gasteiger partial charge in [-0.05, 0) is 192 Å². The summed E-state index contributed by atoms with van der Waals surface area (Å²) in [6, 6.07) is 55.4. The van der Waals surface area contributed by atoms with Gasteiger partial charge in [0.05, 0.1) is 8.47 Å². The lowest BCUT2D eigenvalue weighted by molar-refractivity contribution is 0.103. The van der Waals surface area contributed by atoms with Crippen LogP contribution in [0.2, 0.25) is 0 Å². The number of carbonyl (C=O) groups is 2. The summed E-state index contributed by atoms with van der Waals surface area (Å²) >= 11 is 9.74. The van der Waals surface area contributed by atoms with E-state index in [0.29, 0.717) is 21.3 Å². The van der Waals surface area contributed by atoms with Crippen LogP contribution in [-0.4, -0.2) is 11.6 Å². The highest BCUT2D eigenvalue weighted by Gasteiger charge is 2.40. The van der Waals surface area contributed by atoms with Crippen LogP contribution in [0.4, 0.5) is 17.6 Å². The van der Waals surface area contributed by atoms with E-state index in [-0.39, 0.29) is 44.5 Å². The van der Waals surface area contributed by atoms with Crippen molar-refractivity contribution < 1.29 is 27.2 Å². The van der Waals surface area contributed by atoms with Crippen LogP contribution in [0.1, 0.15) is 228 Å². The minimum atomic E-state index is -1.23. The van der Waals surface area contributed by atoms with E-state index in [0.717, 1.165) is 198 Å². The number of hydrogen-bond donors (Lipinski definition) is 0. The lowest BCUT2D eigenvalue weighted by Crippen LogP contribution is -1.97. The van der Waals surface area contributed by atoms with Gasteiger partial charge in [-0.2, -0.15) is 21.0 Å². The Labute approximate surface area is 668 Å². The van der Waals surface area contributed by atoms with Crippen LogP contribution in [0.25, 0.3) is 55.3 Å². The molecule has 4 aliphatic carbocycles. The number of Topliss-reactive ketones (excluding diaryl/α,β-unsaturated/α-hetero) is 2. The normalized spacial score (nSPS) is 14.6. The van der Waals surface area contributed by atoms with Gasteiger partial charge >= 0.3 is 0 Å². The average Bonchev–Trinajstić information content (AvgIpc) is 1.55. The van der Waals surface area contributed by atoms with E-state index < -0.39 is 46.0 Å². The first-order valence-electron chi connectivity index (χ1n) is 38.2. The SMILES string of the molecule is CCCCCCc1ccc(CS/C(Sc2ccc(CCCCCC)cc2)=C2\c3cc4c(cc3-c3sc(/C=C5\C(=O)c6cc(F)c(F)cc6C5=C(C#N)C#N)cc32)/C(=C(/SCc2ccc(CCCCCC)cc2)Sc2ccc(CCCCCC)cc2)c2cc(/C=C3\C(=O)c5cc(F)c(F)cc5C3=C(C#N)C#N)sc2-4)cc1. The number of carbonyl (C=O) groups excluding carboxylic acids is 2. The number of rotatable bonds is 32. The molecule has 0 radical (unpaired) electrons. The summed E-state index contributed by atoms with van der Waals surface area (Å²) in [5.41, 5.74) is 13.4. The molecule has 2 heterocycles. The lowest BCUT2D eigenvalue weighted by Gasteiger charge is -2.16. The number of thiophene rings is 2. The molecule has 2 aromatic heterocycles. The lowest BCUT2D eigenvalue weighted by atomic mass is 9.98. The van der Waals surface area contributed by atoms with E-state index in [9.17, 15) is 30.6 Å². The number of hydrogen-bond acceptors (Lipinski definition) is 12. The Morgan fingerprint density at radius 2 is 0.636 bits per heavy atom. The second kappa shape index (κ2) is 36.8. The molecule has 0 saturated carbocycles. The molecule has 0 amide bonds. The van der Waals surface area contributed by atoms with Crippen molar-refractivity contribution in [3.8, 4) is 45.2 Å². The van der Waals surface area contributed by atoms with Crippen LogP contribution in [0.15, 0.2) is 186 Å². The number of thioether (sulfide) groups is 4. The number of benzene rings is 7. The topological polar surface area (TPSA) is 129 Å². The fourth-order valence-corrected chi connectivity index (χ4v) is 21.8. The number of allylic oxidation sites excluding steroid dienone is 6. The van der Waals surface area contributed by atoms with Gasteiger partial charge in [-0.15, -0.1) is 46.2 Å². The standard InChI is InChI=1S/C94H82F4N4O2S6/c1-5-9-13-17-21-57-25-29-61(30-26-57)55-105-93(109-65-37-33-59(34-38-65)23-19-15-11-7-3)87-69-45-76-70(46-75(69)91-79(87)43-67(107-91)41-77-85(63(51-99)52-100)71-47-81(95)83(97)49-73(71)89(77)103)88(80-44-68(108-92(76)80)42-78-86(64(53-101)54-102)72-48-82(96)84(98)50-74(72)90(78)104)94(110-66-39-35-60(36-40-66)24-20-16-12-8-4)106-56-62-31-27-58(28-32-62)22-18-14-10-6-2/h25-50H,5-24,55-56H2,1-4H3/b77-41-,78-42-,93-87-,94-88+. The van der Waals surface area contributed by atoms with Gasteiger partial charge in [0.2, 0.25) is 0 Å². The monoisotopic (exact) mass is 1570 g/mol. The maximum Gasteiger partial charge on any atom is 0.194 e. The van der Waals surface area contributed by atoms with Crippen LogP contribution in [0.3, 0.4) is 0 Å². The molecular formula is C94H82F4N4O2S6. The predicted molar refractivity (Wildman–Crippen MR) is 450 cm³/mol. The quantitative estimate of drug-likeness (QED) is 0.0132. The Balaban J connectivity index is 1.04. The number of halogens is 4. The Morgan fingerprint density at radius 3 is 0.945 bits per heavy atom. The molecule has 0 saturated heterocycles. The third-order valence-electron chi connectivity index (χ3n) is 20.7. The molecule has 4 aliphatic rings. The van der Waals surface area contributed by atoms with Gasteiger partial charge in [0.15, 0.2) is 34.8 Å². The van der Waals surface area contributed by atoms with E-state index in [1.807, 2.05) is 36.4 Å². The molecule has 13 rings (SSSR count). The highest BCUT2D eigenvalue weighted by Crippen LogP contribution is 2.62. The number of ketones is 2. The average molecular weight is 1570 g/mol. The van der Waals surface area contributed by atoms with Crippen LogP contribution < -0.4 is 0 Å². The molecule has 9 aromatic rings. The van der Waals surface area contributed by atoms with E-state index in [1.54, 1.807) is 59.2 Å².